The Morgan fingerprint density at radius 3 is 2.22 bits per heavy atom. The first kappa shape index (κ1) is 28.6. The Morgan fingerprint density at radius 1 is 1.00 bits per heavy atom. The van der Waals surface area contributed by atoms with E-state index in [1.807, 2.05) is 54.6 Å². The molecule has 1 amide bonds. The molecule has 2 atom stereocenters. The van der Waals surface area contributed by atoms with Crippen molar-refractivity contribution in [1.29, 1.82) is 0 Å². The third-order valence-corrected chi connectivity index (χ3v) is 5.02. The predicted molar refractivity (Wildman–Crippen MR) is 133 cm³/mol. The maximum atomic E-state index is 12.4. The van der Waals surface area contributed by atoms with Crippen LogP contribution in [0.3, 0.4) is 0 Å². The van der Waals surface area contributed by atoms with Gasteiger partial charge in [-0.2, -0.15) is 0 Å². The minimum atomic E-state index is -1.47. The summed E-state index contributed by atoms with van der Waals surface area (Å²) in [5.41, 5.74) is 2.32. The van der Waals surface area contributed by atoms with Crippen molar-refractivity contribution in [2.45, 2.75) is 64.2 Å². The van der Waals surface area contributed by atoms with Crippen LogP contribution >= 0.6 is 0 Å². The summed E-state index contributed by atoms with van der Waals surface area (Å²) in [5, 5.41) is 22.4. The largest absolute Gasteiger partial charge is 0.464 e. The lowest BCUT2D eigenvalue weighted by atomic mass is 9.98. The van der Waals surface area contributed by atoms with E-state index in [0.29, 0.717) is 19.3 Å². The fourth-order valence-corrected chi connectivity index (χ4v) is 3.39. The zero-order valence-electron chi connectivity index (χ0n) is 20.8. The number of hydrogen-bond acceptors (Lipinski definition) is 8. The number of carbonyl (C=O) groups is 2. The van der Waals surface area contributed by atoms with Crippen molar-refractivity contribution in [3.63, 3.8) is 0 Å². The zero-order chi connectivity index (χ0) is 26.6. The molecule has 2 rings (SSSR count). The monoisotopic (exact) mass is 502 g/mol. The number of aliphatic hydroxyl groups is 1. The molecule has 0 unspecified atom stereocenters. The maximum absolute atomic E-state index is 12.4. The smallest absolute Gasteiger partial charge is 0.407 e. The van der Waals surface area contributed by atoms with Gasteiger partial charge in [-0.25, -0.2) is 9.59 Å². The highest BCUT2D eigenvalue weighted by molar-refractivity contribution is 5.74. The SMILES string of the molecule is CC(C)(C)OC(=O)N[C@H](Cc1ccc(-c2ccccc2)cc1)C[C@@H](O)C(=O)OCCCCO[N+](=O)[O-]. The van der Waals surface area contributed by atoms with Crippen molar-refractivity contribution < 1.29 is 34.1 Å². The van der Waals surface area contributed by atoms with Crippen LogP contribution in [0.4, 0.5) is 4.79 Å². The number of nitrogens with zero attached hydrogens (tertiary/aromatic N) is 1. The molecule has 2 N–H and O–H groups in total. The van der Waals surface area contributed by atoms with Crippen molar-refractivity contribution in [3.8, 4) is 11.1 Å². The van der Waals surface area contributed by atoms with Crippen LogP contribution in [0, 0.1) is 10.1 Å². The number of rotatable bonds is 13. The maximum Gasteiger partial charge on any atom is 0.407 e. The van der Waals surface area contributed by atoms with Crippen molar-refractivity contribution in [1.82, 2.24) is 5.32 Å². The quantitative estimate of drug-likeness (QED) is 0.181. The van der Waals surface area contributed by atoms with Crippen LogP contribution in [0.15, 0.2) is 54.6 Å². The Hall–Kier alpha value is -3.66. The first-order valence-corrected chi connectivity index (χ1v) is 11.8. The Kier molecular flexibility index (Phi) is 11.1. The van der Waals surface area contributed by atoms with Gasteiger partial charge in [-0.05, 0) is 56.7 Å². The normalized spacial score (nSPS) is 12.8. The highest BCUT2D eigenvalue weighted by atomic mass is 16.9. The van der Waals surface area contributed by atoms with Gasteiger partial charge in [0, 0.05) is 12.5 Å². The first-order valence-electron chi connectivity index (χ1n) is 11.8. The molecule has 0 bridgehead atoms. The second kappa shape index (κ2) is 14.0. The number of esters is 1. The molecule has 0 radical (unpaired) electrons. The van der Waals surface area contributed by atoms with Gasteiger partial charge >= 0.3 is 12.1 Å². The summed E-state index contributed by atoms with van der Waals surface area (Å²) in [5.74, 6) is -0.833. The predicted octanol–water partition coefficient (Wildman–Crippen LogP) is 4.07. The van der Waals surface area contributed by atoms with Gasteiger partial charge in [-0.1, -0.05) is 54.6 Å². The molecular weight excluding hydrogens is 468 g/mol. The van der Waals surface area contributed by atoms with Crippen LogP contribution in [0.5, 0.6) is 0 Å². The van der Waals surface area contributed by atoms with Gasteiger partial charge in [0.2, 0.25) is 0 Å². The number of aliphatic hydroxyl groups excluding tert-OH is 1. The first-order chi connectivity index (χ1) is 17.0. The molecular formula is C26H34N2O8. The van der Waals surface area contributed by atoms with Gasteiger partial charge < -0.3 is 24.7 Å². The van der Waals surface area contributed by atoms with E-state index in [4.69, 9.17) is 9.47 Å². The number of benzene rings is 2. The molecule has 2 aromatic carbocycles. The summed E-state index contributed by atoms with van der Waals surface area (Å²) < 4.78 is 10.4. The molecule has 36 heavy (non-hydrogen) atoms. The molecule has 2 aromatic rings. The number of carbonyl (C=O) groups excluding carboxylic acids is 2. The van der Waals surface area contributed by atoms with Crippen molar-refractivity contribution in [2.75, 3.05) is 13.2 Å². The van der Waals surface area contributed by atoms with Gasteiger partial charge in [-0.15, -0.1) is 10.1 Å². The molecule has 10 heteroatoms. The Balaban J connectivity index is 1.97. The summed E-state index contributed by atoms with van der Waals surface area (Å²) in [4.78, 5) is 38.9. The Bertz CT molecular complexity index is 974. The Morgan fingerprint density at radius 2 is 1.61 bits per heavy atom. The van der Waals surface area contributed by atoms with Gasteiger partial charge in [0.05, 0.1) is 13.2 Å². The van der Waals surface area contributed by atoms with E-state index in [1.54, 1.807) is 20.8 Å². The fourth-order valence-electron chi connectivity index (χ4n) is 3.39. The van der Waals surface area contributed by atoms with Crippen molar-refractivity contribution in [2.24, 2.45) is 0 Å². The van der Waals surface area contributed by atoms with E-state index in [1.165, 1.54) is 0 Å². The number of alkyl carbamates (subject to hydrolysis) is 1. The van der Waals surface area contributed by atoms with Gasteiger partial charge in [0.1, 0.15) is 5.60 Å². The van der Waals surface area contributed by atoms with Crippen LogP contribution < -0.4 is 5.32 Å². The molecule has 0 aliphatic heterocycles. The van der Waals surface area contributed by atoms with Crippen LogP contribution in [-0.2, 0) is 25.5 Å². The van der Waals surface area contributed by atoms with E-state index >= 15 is 0 Å². The number of ether oxygens (including phenoxy) is 2. The van der Waals surface area contributed by atoms with E-state index < -0.39 is 34.9 Å². The standard InChI is InChI=1S/C26H34N2O8/c1-26(2,3)36-25(31)27-22(18-23(29)24(30)34-15-7-8-16-35-28(32)33)17-19-11-13-21(14-12-19)20-9-5-4-6-10-20/h4-6,9-14,22-23,29H,7-8,15-18H2,1-3H3,(H,27,31)/t22-,23-/m1/s1. The van der Waals surface area contributed by atoms with Gasteiger partial charge in [0.25, 0.3) is 5.09 Å². The van der Waals surface area contributed by atoms with E-state index in [0.717, 1.165) is 16.7 Å². The molecule has 0 heterocycles. The lowest BCUT2D eigenvalue weighted by Crippen LogP contribution is -2.43. The number of unbranched alkanes of at least 4 members (excludes halogenated alkanes) is 1. The Labute approximate surface area is 210 Å². The molecule has 0 aromatic heterocycles. The van der Waals surface area contributed by atoms with Gasteiger partial charge in [0.15, 0.2) is 6.10 Å². The molecule has 0 fully saturated rings. The van der Waals surface area contributed by atoms with Gasteiger partial charge in [-0.3, -0.25) is 0 Å². The minimum Gasteiger partial charge on any atom is -0.464 e. The molecule has 0 aliphatic carbocycles. The lowest BCUT2D eigenvalue weighted by molar-refractivity contribution is -0.757. The fraction of sp³-hybridized carbons (Fsp3) is 0.462. The van der Waals surface area contributed by atoms with E-state index in [2.05, 4.69) is 10.2 Å². The van der Waals surface area contributed by atoms with E-state index in [9.17, 15) is 24.8 Å². The minimum absolute atomic E-state index is 0.0118. The topological polar surface area (TPSA) is 137 Å². The summed E-state index contributed by atoms with van der Waals surface area (Å²) in [6, 6.07) is 17.1. The van der Waals surface area contributed by atoms with Crippen LogP contribution in [0.1, 0.15) is 45.6 Å². The van der Waals surface area contributed by atoms with Crippen molar-refractivity contribution >= 4 is 12.1 Å². The summed E-state index contributed by atoms with van der Waals surface area (Å²) in [6.07, 6.45) is -1.17. The molecule has 0 spiro atoms. The van der Waals surface area contributed by atoms with Crippen LogP contribution in [0.25, 0.3) is 11.1 Å². The van der Waals surface area contributed by atoms with Crippen LogP contribution in [-0.4, -0.2) is 53.2 Å². The van der Waals surface area contributed by atoms with E-state index in [-0.39, 0.29) is 19.6 Å². The summed E-state index contributed by atoms with van der Waals surface area (Å²) >= 11 is 0. The molecule has 0 saturated heterocycles. The second-order valence-corrected chi connectivity index (χ2v) is 9.29. The molecule has 10 nitrogen and oxygen atoms in total. The average Bonchev–Trinajstić information content (AvgIpc) is 2.80. The molecule has 0 aliphatic rings. The third kappa shape index (κ3) is 11.2. The number of amides is 1. The number of nitrogens with one attached hydrogen (secondary N) is 1. The zero-order valence-corrected chi connectivity index (χ0v) is 20.8. The van der Waals surface area contributed by atoms with Crippen molar-refractivity contribution in [3.05, 3.63) is 70.3 Å². The second-order valence-electron chi connectivity index (χ2n) is 9.29. The molecule has 0 saturated carbocycles. The molecule has 196 valence electrons. The average molecular weight is 503 g/mol. The highest BCUT2D eigenvalue weighted by Crippen LogP contribution is 2.20. The summed E-state index contributed by atoms with van der Waals surface area (Å²) in [6.45, 7) is 5.12. The lowest BCUT2D eigenvalue weighted by Gasteiger charge is -2.25. The third-order valence-electron chi connectivity index (χ3n) is 5.02. The van der Waals surface area contributed by atoms with Crippen LogP contribution in [0.2, 0.25) is 0 Å². The highest BCUT2D eigenvalue weighted by Gasteiger charge is 2.25. The number of hydrogen-bond donors (Lipinski definition) is 2. The summed E-state index contributed by atoms with van der Waals surface area (Å²) in [7, 11) is 0.